The van der Waals surface area contributed by atoms with Crippen LogP contribution in [0.1, 0.15) is 12.5 Å². The van der Waals surface area contributed by atoms with Crippen LogP contribution in [-0.2, 0) is 0 Å². The molecule has 100 valence electrons. The molecule has 0 aromatic heterocycles. The van der Waals surface area contributed by atoms with Gasteiger partial charge in [0, 0.05) is 12.8 Å². The van der Waals surface area contributed by atoms with Gasteiger partial charge in [0.2, 0.25) is 0 Å². The normalized spacial score (nSPS) is 26.3. The lowest BCUT2D eigenvalue weighted by Crippen LogP contribution is -2.47. The summed E-state index contributed by atoms with van der Waals surface area (Å²) in [4.78, 5) is 11.4. The van der Waals surface area contributed by atoms with Crippen molar-refractivity contribution >= 4 is 23.4 Å². The Morgan fingerprint density at radius 3 is 3.11 bits per heavy atom. The van der Waals surface area contributed by atoms with Crippen molar-refractivity contribution in [2.24, 2.45) is 15.7 Å². The van der Waals surface area contributed by atoms with Crippen molar-refractivity contribution < 1.29 is 0 Å². The molecule has 0 bridgehead atoms. The highest BCUT2D eigenvalue weighted by atomic mass is 15.4. The third-order valence-corrected chi connectivity index (χ3v) is 3.50. The van der Waals surface area contributed by atoms with E-state index in [1.54, 1.807) is 0 Å². The van der Waals surface area contributed by atoms with Gasteiger partial charge in [0.1, 0.15) is 5.84 Å². The highest BCUT2D eigenvalue weighted by molar-refractivity contribution is 6.09. The van der Waals surface area contributed by atoms with Gasteiger partial charge in [-0.05, 0) is 31.5 Å². The van der Waals surface area contributed by atoms with Gasteiger partial charge < -0.3 is 16.0 Å². The van der Waals surface area contributed by atoms with E-state index in [0.717, 1.165) is 11.5 Å². The van der Waals surface area contributed by atoms with Crippen molar-refractivity contribution in [2.45, 2.75) is 26.1 Å². The number of hydrogen-bond donors (Lipinski definition) is 2. The van der Waals surface area contributed by atoms with E-state index in [4.69, 9.17) is 5.73 Å². The number of nitrogens with one attached hydrogen (secondary N) is 1. The molecule has 2 atom stereocenters. The summed E-state index contributed by atoms with van der Waals surface area (Å²) in [5.74, 6) is 0.891. The first-order valence-corrected chi connectivity index (χ1v) is 6.64. The van der Waals surface area contributed by atoms with Crippen molar-refractivity contribution in [3.8, 4) is 0 Å². The predicted octanol–water partition coefficient (Wildman–Crippen LogP) is 1.38. The minimum atomic E-state index is -0.0316. The number of nitrogens with two attached hydrogens (primary N) is 1. The third-order valence-electron chi connectivity index (χ3n) is 3.50. The molecule has 0 saturated carbocycles. The second kappa shape index (κ2) is 4.66. The average molecular weight is 257 g/mol. The van der Waals surface area contributed by atoms with Gasteiger partial charge in [-0.1, -0.05) is 6.07 Å². The van der Waals surface area contributed by atoms with Gasteiger partial charge in [-0.2, -0.15) is 0 Å². The molecule has 0 spiro atoms. The number of aryl methyl sites for hydroxylation is 1. The zero-order chi connectivity index (χ0) is 13.4. The summed E-state index contributed by atoms with van der Waals surface area (Å²) in [6.07, 6.45) is 1.96. The van der Waals surface area contributed by atoms with Crippen LogP contribution >= 0.6 is 0 Å². The molecule has 2 aliphatic rings. The van der Waals surface area contributed by atoms with Gasteiger partial charge in [-0.25, -0.2) is 0 Å². The molecule has 5 nitrogen and oxygen atoms in total. The highest BCUT2D eigenvalue weighted by Gasteiger charge is 2.36. The number of amidine groups is 1. The Morgan fingerprint density at radius 1 is 1.47 bits per heavy atom. The van der Waals surface area contributed by atoms with Crippen LogP contribution in [0.2, 0.25) is 0 Å². The summed E-state index contributed by atoms with van der Waals surface area (Å²) in [6, 6.07) is 6.69. The summed E-state index contributed by atoms with van der Waals surface area (Å²) in [5, 5.41) is 3.39. The number of aliphatic imine (C=N–C) groups is 2. The van der Waals surface area contributed by atoms with E-state index in [1.165, 1.54) is 11.3 Å². The largest absolute Gasteiger partial charge is 0.339 e. The van der Waals surface area contributed by atoms with E-state index in [-0.39, 0.29) is 12.2 Å². The molecule has 0 aliphatic carbocycles. The summed E-state index contributed by atoms with van der Waals surface area (Å²) < 4.78 is 0. The fourth-order valence-electron chi connectivity index (χ4n) is 2.60. The number of benzene rings is 1. The number of anilines is 2. The first kappa shape index (κ1) is 12.2. The summed E-state index contributed by atoms with van der Waals surface area (Å²) in [7, 11) is 0. The highest BCUT2D eigenvalue weighted by Crippen LogP contribution is 2.36. The minimum Gasteiger partial charge on any atom is -0.339 e. The fraction of sp³-hybridized carbons (Fsp3) is 0.429. The predicted molar refractivity (Wildman–Crippen MR) is 80.4 cm³/mol. The van der Waals surface area contributed by atoms with Crippen LogP contribution in [-0.4, -0.2) is 37.3 Å². The van der Waals surface area contributed by atoms with E-state index >= 15 is 0 Å². The van der Waals surface area contributed by atoms with Gasteiger partial charge in [-0.15, -0.1) is 0 Å². The molecule has 19 heavy (non-hydrogen) atoms. The molecule has 0 amide bonds. The van der Waals surface area contributed by atoms with Crippen LogP contribution in [0, 0.1) is 6.92 Å². The number of hydrogen-bond acceptors (Lipinski definition) is 4. The number of fused-ring (bicyclic) bond motifs is 3. The maximum Gasteiger partial charge on any atom is 0.179 e. The van der Waals surface area contributed by atoms with Crippen molar-refractivity contribution in [1.82, 2.24) is 0 Å². The second-order valence-electron chi connectivity index (χ2n) is 5.02. The zero-order valence-electron chi connectivity index (χ0n) is 11.3. The molecular formula is C14H19N5. The van der Waals surface area contributed by atoms with Crippen molar-refractivity contribution in [1.29, 1.82) is 0 Å². The van der Waals surface area contributed by atoms with E-state index < -0.39 is 0 Å². The van der Waals surface area contributed by atoms with Crippen LogP contribution in [0.5, 0.6) is 0 Å². The van der Waals surface area contributed by atoms with Gasteiger partial charge in [0.15, 0.2) is 6.17 Å². The standard InChI is InChI=1S/C14H19N5/c1-9-3-4-11-12(7-9)19-10(2)8-17-14(19)13(18-11)16-6-5-15/h3-4,7-8,10,14H,5-6,15H2,1-2H3,(H,16,18). The van der Waals surface area contributed by atoms with Crippen LogP contribution in [0.15, 0.2) is 28.2 Å². The first-order chi connectivity index (χ1) is 9.20. The molecule has 2 heterocycles. The lowest BCUT2D eigenvalue weighted by molar-refractivity contribution is 0.751. The number of nitrogens with zero attached hydrogens (tertiary/aromatic N) is 3. The average Bonchev–Trinajstić information content (AvgIpc) is 2.79. The van der Waals surface area contributed by atoms with E-state index in [9.17, 15) is 0 Å². The fourth-order valence-corrected chi connectivity index (χ4v) is 2.60. The van der Waals surface area contributed by atoms with Gasteiger partial charge in [0.05, 0.1) is 24.0 Å². The Bertz CT molecular complexity index is 549. The molecule has 3 rings (SSSR count). The summed E-state index contributed by atoms with van der Waals surface area (Å²) in [6.45, 7) is 5.44. The van der Waals surface area contributed by atoms with Crippen LogP contribution in [0.3, 0.4) is 0 Å². The van der Waals surface area contributed by atoms with Gasteiger partial charge >= 0.3 is 0 Å². The summed E-state index contributed by atoms with van der Waals surface area (Å²) in [5.41, 5.74) is 9.08. The monoisotopic (exact) mass is 257 g/mol. The Hall–Kier alpha value is -1.88. The molecule has 0 fully saturated rings. The molecule has 0 saturated heterocycles. The minimum absolute atomic E-state index is 0.0316. The molecule has 1 aromatic carbocycles. The first-order valence-electron chi connectivity index (χ1n) is 6.64. The van der Waals surface area contributed by atoms with Crippen LogP contribution in [0.25, 0.3) is 0 Å². The topological polar surface area (TPSA) is 66.0 Å². The maximum atomic E-state index is 5.54. The second-order valence-corrected chi connectivity index (χ2v) is 5.02. The van der Waals surface area contributed by atoms with Crippen LogP contribution in [0.4, 0.5) is 11.4 Å². The van der Waals surface area contributed by atoms with E-state index in [1.807, 2.05) is 6.21 Å². The Labute approximate surface area is 113 Å². The van der Waals surface area contributed by atoms with E-state index in [0.29, 0.717) is 13.1 Å². The smallest absolute Gasteiger partial charge is 0.179 e. The SMILES string of the molecule is Cc1ccc2c(c1)N1C(C)C=NC1C(=NCCN)N2. The Kier molecular flexibility index (Phi) is 2.98. The van der Waals surface area contributed by atoms with Gasteiger partial charge in [-0.3, -0.25) is 9.98 Å². The number of rotatable bonds is 2. The van der Waals surface area contributed by atoms with Crippen molar-refractivity contribution in [3.05, 3.63) is 23.8 Å². The van der Waals surface area contributed by atoms with Crippen LogP contribution < -0.4 is 16.0 Å². The third kappa shape index (κ3) is 2.00. The molecule has 1 aromatic rings. The molecular weight excluding hydrogens is 238 g/mol. The summed E-state index contributed by atoms with van der Waals surface area (Å²) >= 11 is 0. The molecule has 0 radical (unpaired) electrons. The molecule has 5 heteroatoms. The molecule has 2 unspecified atom stereocenters. The lowest BCUT2D eigenvalue weighted by atomic mass is 10.1. The van der Waals surface area contributed by atoms with Gasteiger partial charge in [0.25, 0.3) is 0 Å². The lowest BCUT2D eigenvalue weighted by Gasteiger charge is -2.36. The zero-order valence-corrected chi connectivity index (χ0v) is 11.3. The molecule has 2 aliphatic heterocycles. The van der Waals surface area contributed by atoms with Crippen molar-refractivity contribution in [2.75, 3.05) is 23.3 Å². The quantitative estimate of drug-likeness (QED) is 0.841. The molecule has 3 N–H and O–H groups in total. The Morgan fingerprint density at radius 2 is 2.32 bits per heavy atom. The van der Waals surface area contributed by atoms with E-state index in [2.05, 4.69) is 52.2 Å². The van der Waals surface area contributed by atoms with Crippen molar-refractivity contribution in [3.63, 3.8) is 0 Å². The Balaban J connectivity index is 2.05. The maximum absolute atomic E-state index is 5.54.